The maximum Gasteiger partial charge on any atom is 0.264 e. The highest BCUT2D eigenvalue weighted by atomic mass is 16.5. The van der Waals surface area contributed by atoms with Crippen LogP contribution in [0.1, 0.15) is 38.9 Å². The summed E-state index contributed by atoms with van der Waals surface area (Å²) in [5.41, 5.74) is 2.03. The van der Waals surface area contributed by atoms with Crippen LogP contribution in [-0.4, -0.2) is 47.9 Å². The third kappa shape index (κ3) is 5.30. The lowest BCUT2D eigenvalue weighted by atomic mass is 10.1. The van der Waals surface area contributed by atoms with Gasteiger partial charge in [0.15, 0.2) is 5.75 Å². The zero-order valence-electron chi connectivity index (χ0n) is 19.4. The topological polar surface area (TPSA) is 107 Å². The van der Waals surface area contributed by atoms with E-state index in [1.165, 1.54) is 7.11 Å². The molecule has 3 amide bonds. The van der Waals surface area contributed by atoms with Crippen molar-refractivity contribution in [1.29, 1.82) is 0 Å². The van der Waals surface area contributed by atoms with E-state index in [9.17, 15) is 14.4 Å². The number of imide groups is 1. The summed E-state index contributed by atoms with van der Waals surface area (Å²) in [5, 5.41) is 2.69. The Hall–Kier alpha value is -4.24. The predicted octanol–water partition coefficient (Wildman–Crippen LogP) is 3.44. The van der Waals surface area contributed by atoms with Gasteiger partial charge in [-0.1, -0.05) is 36.4 Å². The molecule has 35 heavy (non-hydrogen) atoms. The van der Waals surface area contributed by atoms with Crippen LogP contribution in [0.3, 0.4) is 0 Å². The van der Waals surface area contributed by atoms with Crippen molar-refractivity contribution in [2.45, 2.75) is 20.1 Å². The first-order chi connectivity index (χ1) is 17.0. The Balaban J connectivity index is 1.46. The number of ether oxygens (including phenoxy) is 3. The van der Waals surface area contributed by atoms with Crippen molar-refractivity contribution in [1.82, 2.24) is 9.88 Å². The molecule has 0 unspecified atom stereocenters. The van der Waals surface area contributed by atoms with Crippen LogP contribution in [0, 0.1) is 0 Å². The first-order valence-electron chi connectivity index (χ1n) is 11.1. The zero-order chi connectivity index (χ0) is 24.8. The zero-order valence-corrected chi connectivity index (χ0v) is 19.4. The Bertz CT molecular complexity index is 1250. The van der Waals surface area contributed by atoms with Crippen LogP contribution in [0.2, 0.25) is 0 Å². The van der Waals surface area contributed by atoms with Crippen LogP contribution in [0.4, 0.5) is 5.69 Å². The van der Waals surface area contributed by atoms with Gasteiger partial charge in [-0.3, -0.25) is 19.3 Å². The fraction of sp³-hybridized carbons (Fsp3) is 0.231. The number of aromatic nitrogens is 1. The van der Waals surface area contributed by atoms with Crippen molar-refractivity contribution >= 4 is 23.4 Å². The molecule has 4 rings (SSSR count). The Morgan fingerprint density at radius 3 is 2.54 bits per heavy atom. The lowest BCUT2D eigenvalue weighted by Gasteiger charge is -2.15. The standard InChI is InChI=1S/C26H25N3O6/c1-3-35-24-21(33-2)13-12-18(27-24)14-29-25(31)19-10-7-11-20(23(19)26(29)32)28-22(30)16-34-15-17-8-5-4-6-9-17/h4-13H,3,14-16H2,1-2H3,(H,28,30). The van der Waals surface area contributed by atoms with E-state index in [2.05, 4.69) is 10.3 Å². The molecule has 0 aliphatic carbocycles. The van der Waals surface area contributed by atoms with Gasteiger partial charge in [0.05, 0.1) is 49.4 Å². The smallest absolute Gasteiger partial charge is 0.264 e. The summed E-state index contributed by atoms with van der Waals surface area (Å²) in [5.74, 6) is -0.657. The van der Waals surface area contributed by atoms with E-state index in [1.807, 2.05) is 37.3 Å². The van der Waals surface area contributed by atoms with Crippen LogP contribution >= 0.6 is 0 Å². The van der Waals surface area contributed by atoms with Gasteiger partial charge in [-0.25, -0.2) is 4.98 Å². The maximum absolute atomic E-state index is 13.2. The number of benzene rings is 2. The van der Waals surface area contributed by atoms with Gasteiger partial charge >= 0.3 is 0 Å². The molecule has 0 atom stereocenters. The van der Waals surface area contributed by atoms with Crippen LogP contribution < -0.4 is 14.8 Å². The molecule has 0 saturated carbocycles. The molecule has 0 saturated heterocycles. The summed E-state index contributed by atoms with van der Waals surface area (Å²) < 4.78 is 16.2. The molecule has 1 N–H and O–H groups in total. The number of rotatable bonds is 10. The van der Waals surface area contributed by atoms with Crippen molar-refractivity contribution in [3.8, 4) is 11.6 Å². The van der Waals surface area contributed by atoms with Gasteiger partial charge in [-0.2, -0.15) is 0 Å². The van der Waals surface area contributed by atoms with E-state index in [1.54, 1.807) is 30.3 Å². The molecule has 180 valence electrons. The summed E-state index contributed by atoms with van der Waals surface area (Å²) in [6, 6.07) is 17.6. The second kappa shape index (κ2) is 10.8. The molecule has 1 aromatic heterocycles. The van der Waals surface area contributed by atoms with Crippen LogP contribution in [-0.2, 0) is 22.7 Å². The van der Waals surface area contributed by atoms with E-state index >= 15 is 0 Å². The van der Waals surface area contributed by atoms with E-state index in [0.717, 1.165) is 10.5 Å². The van der Waals surface area contributed by atoms with E-state index < -0.39 is 17.7 Å². The highest BCUT2D eigenvalue weighted by molar-refractivity contribution is 6.24. The van der Waals surface area contributed by atoms with Gasteiger partial charge < -0.3 is 19.5 Å². The molecule has 1 aliphatic heterocycles. The fourth-order valence-electron chi connectivity index (χ4n) is 3.71. The third-order valence-corrected chi connectivity index (χ3v) is 5.32. The minimum absolute atomic E-state index is 0.0516. The number of pyridine rings is 1. The predicted molar refractivity (Wildman–Crippen MR) is 127 cm³/mol. The Morgan fingerprint density at radius 1 is 1.00 bits per heavy atom. The summed E-state index contributed by atoms with van der Waals surface area (Å²) in [6.07, 6.45) is 0. The normalized spacial score (nSPS) is 12.5. The second-order valence-corrected chi connectivity index (χ2v) is 7.69. The Kier molecular flexibility index (Phi) is 7.37. The first-order valence-corrected chi connectivity index (χ1v) is 11.1. The number of fused-ring (bicyclic) bond motifs is 1. The van der Waals surface area contributed by atoms with Crippen LogP contribution in [0.15, 0.2) is 60.7 Å². The highest BCUT2D eigenvalue weighted by Gasteiger charge is 2.38. The molecule has 0 fully saturated rings. The number of nitrogens with zero attached hydrogens (tertiary/aromatic N) is 2. The Morgan fingerprint density at radius 2 is 1.80 bits per heavy atom. The van der Waals surface area contributed by atoms with Gasteiger partial charge in [0.1, 0.15) is 6.61 Å². The molecule has 1 aliphatic rings. The summed E-state index contributed by atoms with van der Waals surface area (Å²) in [6.45, 7) is 2.24. The molecule has 9 nitrogen and oxygen atoms in total. The van der Waals surface area contributed by atoms with Gasteiger partial charge in [0.25, 0.3) is 17.7 Å². The minimum atomic E-state index is -0.512. The number of hydrogen-bond acceptors (Lipinski definition) is 7. The SMILES string of the molecule is CCOc1nc(CN2C(=O)c3cccc(NC(=O)COCc4ccccc4)c3C2=O)ccc1OC. The summed E-state index contributed by atoms with van der Waals surface area (Å²) in [7, 11) is 1.51. The van der Waals surface area contributed by atoms with Crippen molar-refractivity contribution in [3.63, 3.8) is 0 Å². The van der Waals surface area contributed by atoms with Crippen molar-refractivity contribution in [2.75, 3.05) is 25.6 Å². The molecule has 0 spiro atoms. The summed E-state index contributed by atoms with van der Waals surface area (Å²) >= 11 is 0. The number of anilines is 1. The molecule has 9 heteroatoms. The fourth-order valence-corrected chi connectivity index (χ4v) is 3.71. The molecule has 2 aromatic carbocycles. The van der Waals surface area contributed by atoms with Gasteiger partial charge in [0, 0.05) is 0 Å². The minimum Gasteiger partial charge on any atom is -0.491 e. The van der Waals surface area contributed by atoms with E-state index in [-0.39, 0.29) is 42.5 Å². The maximum atomic E-state index is 13.2. The van der Waals surface area contributed by atoms with Crippen molar-refractivity contribution < 1.29 is 28.6 Å². The van der Waals surface area contributed by atoms with Gasteiger partial charge in [0.2, 0.25) is 5.91 Å². The monoisotopic (exact) mass is 475 g/mol. The van der Waals surface area contributed by atoms with E-state index in [4.69, 9.17) is 14.2 Å². The number of nitrogens with one attached hydrogen (secondary N) is 1. The summed E-state index contributed by atoms with van der Waals surface area (Å²) in [4.78, 5) is 44.1. The van der Waals surface area contributed by atoms with E-state index in [0.29, 0.717) is 18.1 Å². The number of carbonyl (C=O) groups is 3. The number of methoxy groups -OCH3 is 1. The average Bonchev–Trinajstić information content (AvgIpc) is 3.10. The second-order valence-electron chi connectivity index (χ2n) is 7.69. The molecule has 3 aromatic rings. The average molecular weight is 476 g/mol. The Labute approximate surface area is 202 Å². The third-order valence-electron chi connectivity index (χ3n) is 5.32. The van der Waals surface area contributed by atoms with Crippen LogP contribution in [0.25, 0.3) is 0 Å². The number of carbonyl (C=O) groups excluding carboxylic acids is 3. The molecule has 0 radical (unpaired) electrons. The number of amides is 3. The molecular formula is C26H25N3O6. The van der Waals surface area contributed by atoms with Crippen molar-refractivity contribution in [2.24, 2.45) is 0 Å². The van der Waals surface area contributed by atoms with Gasteiger partial charge in [-0.15, -0.1) is 0 Å². The molecule has 0 bridgehead atoms. The largest absolute Gasteiger partial charge is 0.491 e. The van der Waals surface area contributed by atoms with Crippen molar-refractivity contribution in [3.05, 3.63) is 83.0 Å². The molecular weight excluding hydrogens is 450 g/mol. The number of hydrogen-bond donors (Lipinski definition) is 1. The highest BCUT2D eigenvalue weighted by Crippen LogP contribution is 2.31. The first kappa shape index (κ1) is 23.9. The molecule has 2 heterocycles. The lowest BCUT2D eigenvalue weighted by Crippen LogP contribution is -2.30. The van der Waals surface area contributed by atoms with Crippen LogP contribution in [0.5, 0.6) is 11.6 Å². The lowest BCUT2D eigenvalue weighted by molar-refractivity contribution is -0.121. The quantitative estimate of drug-likeness (QED) is 0.448. The van der Waals surface area contributed by atoms with Gasteiger partial charge in [-0.05, 0) is 36.8 Å².